The fourth-order valence-electron chi connectivity index (χ4n) is 2.25. The van der Waals surface area contributed by atoms with Gasteiger partial charge in [0.1, 0.15) is 5.75 Å². The molecule has 0 fully saturated rings. The summed E-state index contributed by atoms with van der Waals surface area (Å²) < 4.78 is 7.50. The van der Waals surface area contributed by atoms with E-state index in [1.54, 1.807) is 18.2 Å². The van der Waals surface area contributed by atoms with Crippen LogP contribution in [0.25, 0.3) is 10.8 Å². The van der Waals surface area contributed by atoms with Gasteiger partial charge in [-0.15, -0.1) is 14.7 Å². The number of benzene rings is 2. The summed E-state index contributed by atoms with van der Waals surface area (Å²) in [6.07, 6.45) is 0. The topological polar surface area (TPSA) is 138 Å². The van der Waals surface area contributed by atoms with Gasteiger partial charge < -0.3 is 10.4 Å². The van der Waals surface area contributed by atoms with Gasteiger partial charge in [0.2, 0.25) is 5.91 Å². The van der Waals surface area contributed by atoms with E-state index >= 15 is 0 Å². The van der Waals surface area contributed by atoms with Crippen LogP contribution in [0.1, 0.15) is 12.5 Å². The van der Waals surface area contributed by atoms with Gasteiger partial charge in [-0.05, 0) is 24.4 Å². The van der Waals surface area contributed by atoms with Crippen LogP contribution >= 0.6 is 10.6 Å². The molecule has 0 aliphatic heterocycles. The Morgan fingerprint density at radius 1 is 1.17 bits per heavy atom. The number of anilines is 1. The molecule has 2 aromatic rings. The number of nitrogens with zero attached hydrogens (tertiary/aromatic N) is 3. The first-order valence-electron chi connectivity index (χ1n) is 6.30. The number of nitroso groups, excluding NO2 is 3. The number of phenolic OH excluding ortho intramolecular Hbond substituents is 1. The van der Waals surface area contributed by atoms with E-state index in [4.69, 9.17) is 0 Å². The first kappa shape index (κ1) is 16.5. The van der Waals surface area contributed by atoms with Crippen molar-refractivity contribution in [2.45, 2.75) is 18.7 Å². The van der Waals surface area contributed by atoms with E-state index in [0.29, 0.717) is 16.5 Å². The lowest BCUT2D eigenvalue weighted by Crippen LogP contribution is -2.06. The number of aromatic hydroxyl groups is 1. The van der Waals surface area contributed by atoms with Crippen LogP contribution in [0.5, 0.6) is 5.75 Å². The number of nitrogens with one attached hydrogen (secondary N) is 1. The van der Waals surface area contributed by atoms with E-state index in [-0.39, 0.29) is 22.1 Å². The van der Waals surface area contributed by atoms with E-state index in [1.807, 2.05) is 0 Å². The molecule has 2 N–H and O–H groups in total. The van der Waals surface area contributed by atoms with Crippen LogP contribution < -0.4 is 5.32 Å². The van der Waals surface area contributed by atoms with Crippen molar-refractivity contribution in [3.63, 3.8) is 0 Å². The lowest BCUT2D eigenvalue weighted by atomic mass is 10.0. The third-order valence-electron chi connectivity index (χ3n) is 3.26. The van der Waals surface area contributed by atoms with Crippen LogP contribution in [0.15, 0.2) is 42.9 Å². The van der Waals surface area contributed by atoms with Crippen LogP contribution in [0.4, 0.5) is 5.69 Å². The molecular formula is C13H12N4O5S. The maximum Gasteiger partial charge on any atom is 0.221 e. The second-order valence-electron chi connectivity index (χ2n) is 4.68. The number of hydrogen-bond donors (Lipinski definition) is 2. The molecule has 0 aromatic heterocycles. The Hall–Kier alpha value is -2.88. The van der Waals surface area contributed by atoms with Crippen LogP contribution in [0.2, 0.25) is 0 Å². The molecule has 0 bridgehead atoms. The molecule has 0 heterocycles. The molecule has 9 nitrogen and oxygen atoms in total. The molecule has 0 aliphatic rings. The molecule has 0 saturated carbocycles. The Bertz CT molecular complexity index is 817. The Kier molecular flexibility index (Phi) is 4.36. The zero-order chi connectivity index (χ0) is 17.2. The van der Waals surface area contributed by atoms with E-state index < -0.39 is 10.6 Å². The van der Waals surface area contributed by atoms with Gasteiger partial charge in [-0.2, -0.15) is 0 Å². The third-order valence-corrected chi connectivity index (χ3v) is 4.90. The normalized spacial score (nSPS) is 11.7. The molecule has 0 aliphatic carbocycles. The molecule has 0 saturated heterocycles. The summed E-state index contributed by atoms with van der Waals surface area (Å²) in [5.74, 6) is -0.632. The van der Waals surface area contributed by atoms with Gasteiger partial charge in [0.25, 0.3) is 0 Å². The summed E-state index contributed by atoms with van der Waals surface area (Å²) in [5, 5.41) is 13.7. The number of fused-ring (bicyclic) bond motifs is 1. The lowest BCUT2D eigenvalue weighted by Gasteiger charge is -2.19. The number of carbonyl (C=O) groups is 1. The van der Waals surface area contributed by atoms with Crippen molar-refractivity contribution >= 4 is 33.0 Å². The van der Waals surface area contributed by atoms with Gasteiger partial charge in [-0.3, -0.25) is 4.79 Å². The Morgan fingerprint density at radius 2 is 1.78 bits per heavy atom. The second-order valence-corrected chi connectivity index (χ2v) is 6.60. The quantitative estimate of drug-likeness (QED) is 0.794. The molecule has 2 rings (SSSR count). The summed E-state index contributed by atoms with van der Waals surface area (Å²) in [6, 6.07) is 6.10. The van der Waals surface area contributed by atoms with Crippen molar-refractivity contribution in [1.82, 2.24) is 0 Å². The Morgan fingerprint density at radius 3 is 2.30 bits per heavy atom. The maximum absolute atomic E-state index is 11.3. The minimum absolute atomic E-state index is 0.0732. The standard InChI is InChI=1S/C13H12N4O5S/c1-7-11(23(15-20,16-21)17-22)6-9-4-3-5-10(14-8(2)18)12(9)13(7)19/h3-6,19H,1-2H3,(H,14,18). The smallest absolute Gasteiger partial charge is 0.221 e. The largest absolute Gasteiger partial charge is 0.507 e. The van der Waals surface area contributed by atoms with Crippen LogP contribution in [-0.2, 0) is 4.79 Å². The molecule has 0 atom stereocenters. The van der Waals surface area contributed by atoms with Crippen LogP contribution in [-0.4, -0.2) is 11.0 Å². The van der Waals surface area contributed by atoms with Gasteiger partial charge in [-0.1, -0.05) is 12.1 Å². The van der Waals surface area contributed by atoms with Crippen molar-refractivity contribution in [2.24, 2.45) is 13.7 Å². The zero-order valence-corrected chi connectivity index (χ0v) is 13.0. The highest BCUT2D eigenvalue weighted by Crippen LogP contribution is 2.62. The minimum Gasteiger partial charge on any atom is -0.507 e. The monoisotopic (exact) mass is 336 g/mol. The molecule has 120 valence electrons. The van der Waals surface area contributed by atoms with Crippen LogP contribution in [0.3, 0.4) is 0 Å². The van der Waals surface area contributed by atoms with E-state index in [1.165, 1.54) is 19.9 Å². The Labute approximate surface area is 131 Å². The SMILES string of the molecule is CC(=O)Nc1cccc2cc(S(N=O)(N=O)N=O)c(C)c(O)c12. The molecule has 1 amide bonds. The molecule has 2 aromatic carbocycles. The molecule has 0 unspecified atom stereocenters. The summed E-state index contributed by atoms with van der Waals surface area (Å²) in [5.41, 5.74) is 0.420. The Balaban J connectivity index is 2.86. The van der Waals surface area contributed by atoms with Crippen molar-refractivity contribution in [3.05, 3.63) is 44.6 Å². The average Bonchev–Trinajstić information content (AvgIpc) is 2.53. The number of phenols is 1. The molecular weight excluding hydrogens is 324 g/mol. The lowest BCUT2D eigenvalue weighted by molar-refractivity contribution is -0.114. The summed E-state index contributed by atoms with van der Waals surface area (Å²) in [4.78, 5) is 44.0. The van der Waals surface area contributed by atoms with Crippen molar-refractivity contribution < 1.29 is 9.90 Å². The van der Waals surface area contributed by atoms with Crippen molar-refractivity contribution in [2.75, 3.05) is 5.32 Å². The number of amides is 1. The number of rotatable bonds is 5. The fraction of sp³-hybridized carbons (Fsp3) is 0.154. The van der Waals surface area contributed by atoms with Gasteiger partial charge in [0.05, 0.1) is 10.6 Å². The van der Waals surface area contributed by atoms with Gasteiger partial charge >= 0.3 is 0 Å². The van der Waals surface area contributed by atoms with Crippen LogP contribution in [0, 0.1) is 21.6 Å². The number of carbonyl (C=O) groups excluding carboxylic acids is 1. The average molecular weight is 336 g/mol. The predicted molar refractivity (Wildman–Crippen MR) is 87.9 cm³/mol. The number of hydrogen-bond acceptors (Lipinski definition) is 8. The predicted octanol–water partition coefficient (Wildman–Crippen LogP) is 4.02. The fourth-order valence-corrected chi connectivity index (χ4v) is 3.36. The van der Waals surface area contributed by atoms with Gasteiger partial charge in [0, 0.05) is 31.6 Å². The highest BCUT2D eigenvalue weighted by Gasteiger charge is 2.35. The van der Waals surface area contributed by atoms with E-state index in [2.05, 4.69) is 19.1 Å². The van der Waals surface area contributed by atoms with E-state index in [9.17, 15) is 24.6 Å². The molecule has 23 heavy (non-hydrogen) atoms. The van der Waals surface area contributed by atoms with Gasteiger partial charge in [-0.25, -0.2) is 0 Å². The minimum atomic E-state index is -3.71. The molecule has 10 heteroatoms. The third kappa shape index (κ3) is 2.63. The summed E-state index contributed by atoms with van der Waals surface area (Å²) in [6.45, 7) is 2.72. The summed E-state index contributed by atoms with van der Waals surface area (Å²) in [7, 11) is -3.71. The molecule has 0 radical (unpaired) electrons. The van der Waals surface area contributed by atoms with Crippen molar-refractivity contribution in [3.8, 4) is 5.75 Å². The zero-order valence-electron chi connectivity index (χ0n) is 12.1. The first-order valence-corrected chi connectivity index (χ1v) is 7.80. The highest BCUT2D eigenvalue weighted by atomic mass is 32.3. The van der Waals surface area contributed by atoms with Gasteiger partial charge in [0.15, 0.2) is 10.6 Å². The van der Waals surface area contributed by atoms with Crippen molar-refractivity contribution in [1.29, 1.82) is 0 Å². The second kappa shape index (κ2) is 6.08. The summed E-state index contributed by atoms with van der Waals surface area (Å²) >= 11 is 0. The van der Waals surface area contributed by atoms with E-state index in [0.717, 1.165) is 0 Å². The highest BCUT2D eigenvalue weighted by molar-refractivity contribution is 8.30. The first-order chi connectivity index (χ1) is 10.9. The maximum atomic E-state index is 11.3. The molecule has 0 spiro atoms.